The maximum atomic E-state index is 13.6. The highest BCUT2D eigenvalue weighted by molar-refractivity contribution is 5.94. The van der Waals surface area contributed by atoms with Crippen LogP contribution in [0.1, 0.15) is 65.3 Å². The summed E-state index contributed by atoms with van der Waals surface area (Å²) in [5, 5.41) is 36.5. The number of nitrogens with zero attached hydrogens (tertiary/aromatic N) is 2. The molecule has 0 aliphatic heterocycles. The highest BCUT2D eigenvalue weighted by atomic mass is 19.1. The molecule has 4 N–H and O–H groups in total. The summed E-state index contributed by atoms with van der Waals surface area (Å²) >= 11 is 0. The number of carbonyl (C=O) groups excluding carboxylic acids is 1. The van der Waals surface area contributed by atoms with Gasteiger partial charge in [0.15, 0.2) is 5.69 Å². The molecule has 0 fully saturated rings. The Morgan fingerprint density at radius 1 is 1.08 bits per heavy atom. The lowest BCUT2D eigenvalue weighted by Crippen LogP contribution is -2.26. The summed E-state index contributed by atoms with van der Waals surface area (Å²) in [6, 6.07) is 11.5. The minimum absolute atomic E-state index is 0.130. The zero-order valence-corrected chi connectivity index (χ0v) is 21.9. The maximum Gasteiger partial charge on any atom is 0.305 e. The van der Waals surface area contributed by atoms with Crippen LogP contribution >= 0.6 is 0 Å². The molecule has 204 valence electrons. The van der Waals surface area contributed by atoms with Crippen molar-refractivity contribution in [2.75, 3.05) is 6.61 Å². The number of hydrogen-bond donors (Lipinski definition) is 4. The predicted octanol–water partition coefficient (Wildman–Crippen LogP) is 3.65. The van der Waals surface area contributed by atoms with Crippen molar-refractivity contribution in [3.05, 3.63) is 76.2 Å². The number of rotatable bonds is 12. The lowest BCUT2D eigenvalue weighted by Gasteiger charge is -2.17. The number of aromatic nitrogens is 2. The predicted molar refractivity (Wildman–Crippen MR) is 139 cm³/mol. The van der Waals surface area contributed by atoms with Crippen LogP contribution in [0.5, 0.6) is 5.88 Å². The molecule has 0 aliphatic carbocycles. The van der Waals surface area contributed by atoms with E-state index in [1.54, 1.807) is 0 Å². The molecule has 0 saturated heterocycles. The largest absolute Gasteiger partial charge is 0.481 e. The summed E-state index contributed by atoms with van der Waals surface area (Å²) in [6.45, 7) is 7.69. The monoisotopic (exact) mass is 527 g/mol. The molecular weight excluding hydrogens is 493 g/mol. The van der Waals surface area contributed by atoms with Gasteiger partial charge in [0, 0.05) is 18.5 Å². The van der Waals surface area contributed by atoms with Crippen molar-refractivity contribution in [3.63, 3.8) is 0 Å². The second kappa shape index (κ2) is 12.7. The molecule has 1 amide bonds. The van der Waals surface area contributed by atoms with Gasteiger partial charge in [-0.3, -0.25) is 9.59 Å². The Hall–Kier alpha value is -3.76. The van der Waals surface area contributed by atoms with E-state index < -0.39 is 36.3 Å². The fourth-order valence-electron chi connectivity index (χ4n) is 4.09. The first kappa shape index (κ1) is 28.8. The third kappa shape index (κ3) is 7.39. The molecule has 2 atom stereocenters. The van der Waals surface area contributed by atoms with E-state index in [0.29, 0.717) is 17.8 Å². The third-order valence-electron chi connectivity index (χ3n) is 6.05. The minimum atomic E-state index is -1.25. The number of hydrogen-bond acceptors (Lipinski definition) is 6. The molecule has 3 rings (SSSR count). The molecule has 0 bridgehead atoms. The van der Waals surface area contributed by atoms with Crippen LogP contribution in [-0.4, -0.2) is 55.8 Å². The van der Waals surface area contributed by atoms with E-state index in [9.17, 15) is 24.2 Å². The average Bonchev–Trinajstić information content (AvgIpc) is 3.23. The van der Waals surface area contributed by atoms with Gasteiger partial charge in [0.05, 0.1) is 24.3 Å². The number of benzene rings is 2. The second-order valence-electron chi connectivity index (χ2n) is 9.68. The van der Waals surface area contributed by atoms with Crippen molar-refractivity contribution in [2.24, 2.45) is 0 Å². The van der Waals surface area contributed by atoms with Gasteiger partial charge in [0.2, 0.25) is 5.88 Å². The first-order valence-electron chi connectivity index (χ1n) is 12.4. The van der Waals surface area contributed by atoms with E-state index in [1.165, 1.54) is 28.9 Å². The molecule has 1 aromatic heterocycles. The van der Waals surface area contributed by atoms with Gasteiger partial charge in [-0.25, -0.2) is 9.07 Å². The summed E-state index contributed by atoms with van der Waals surface area (Å²) in [5.74, 6) is -2.07. The van der Waals surface area contributed by atoms with Gasteiger partial charge in [-0.15, -0.1) is 0 Å². The van der Waals surface area contributed by atoms with Crippen LogP contribution in [0.25, 0.3) is 5.69 Å². The highest BCUT2D eigenvalue weighted by Gasteiger charge is 2.28. The van der Waals surface area contributed by atoms with Crippen LogP contribution in [-0.2, 0) is 11.3 Å². The number of ether oxygens (including phenoxy) is 1. The minimum Gasteiger partial charge on any atom is -0.481 e. The normalized spacial score (nSPS) is 12.8. The summed E-state index contributed by atoms with van der Waals surface area (Å²) in [4.78, 5) is 24.1. The van der Waals surface area contributed by atoms with Gasteiger partial charge in [-0.1, -0.05) is 37.6 Å². The van der Waals surface area contributed by atoms with Crippen LogP contribution in [0.2, 0.25) is 0 Å². The maximum absolute atomic E-state index is 13.6. The molecule has 10 heteroatoms. The molecule has 2 aromatic carbocycles. The van der Waals surface area contributed by atoms with Crippen LogP contribution in [0.4, 0.5) is 4.39 Å². The van der Waals surface area contributed by atoms with E-state index in [0.717, 1.165) is 16.7 Å². The number of aliphatic hydroxyl groups is 2. The fourth-order valence-corrected chi connectivity index (χ4v) is 4.09. The average molecular weight is 528 g/mol. The number of halogens is 1. The molecule has 0 unspecified atom stereocenters. The van der Waals surface area contributed by atoms with Crippen LogP contribution in [0, 0.1) is 19.7 Å². The van der Waals surface area contributed by atoms with Gasteiger partial charge in [-0.2, -0.15) is 5.10 Å². The van der Waals surface area contributed by atoms with Crippen molar-refractivity contribution in [3.8, 4) is 11.6 Å². The van der Waals surface area contributed by atoms with E-state index >= 15 is 0 Å². The number of aliphatic hydroxyl groups excluding tert-OH is 2. The zero-order chi connectivity index (χ0) is 28.0. The van der Waals surface area contributed by atoms with Crippen molar-refractivity contribution < 1.29 is 34.0 Å². The molecule has 0 spiro atoms. The molecule has 1 heterocycles. The number of aryl methyl sites for hydroxylation is 2. The Kier molecular flexibility index (Phi) is 9.60. The van der Waals surface area contributed by atoms with Crippen molar-refractivity contribution in [1.29, 1.82) is 0 Å². The standard InChI is InChI=1S/C28H34FN3O6/c1-16(2)25-26(27(37)30-14-19-11-17(3)5-6-18(19)4)31-32(21-9-7-20(29)8-10-21)28(25)38-15-23(34)12-22(33)13-24(35)36/h5-11,16,22-23,33-34H,12-15H2,1-4H3,(H,30,37)(H,35,36)/t22-,23+/m1/s1. The van der Waals surface area contributed by atoms with Gasteiger partial charge in [0.1, 0.15) is 12.4 Å². The number of aliphatic carboxylic acids is 1. The quantitative estimate of drug-likeness (QED) is 0.283. The van der Waals surface area contributed by atoms with Crippen molar-refractivity contribution in [2.45, 2.75) is 65.2 Å². The molecule has 0 radical (unpaired) electrons. The Labute approximate surface area is 220 Å². The van der Waals surface area contributed by atoms with Crippen LogP contribution in [0.3, 0.4) is 0 Å². The van der Waals surface area contributed by atoms with Crippen molar-refractivity contribution >= 4 is 11.9 Å². The highest BCUT2D eigenvalue weighted by Crippen LogP contribution is 2.33. The van der Waals surface area contributed by atoms with Gasteiger partial charge in [-0.05, 0) is 55.2 Å². The van der Waals surface area contributed by atoms with E-state index in [-0.39, 0.29) is 30.5 Å². The van der Waals surface area contributed by atoms with Gasteiger partial charge in [0.25, 0.3) is 5.91 Å². The van der Waals surface area contributed by atoms with E-state index in [2.05, 4.69) is 10.4 Å². The number of carboxylic acid groups (broad SMARTS) is 1. The van der Waals surface area contributed by atoms with Gasteiger partial charge < -0.3 is 25.4 Å². The Morgan fingerprint density at radius 2 is 1.76 bits per heavy atom. The van der Waals surface area contributed by atoms with Crippen molar-refractivity contribution in [1.82, 2.24) is 15.1 Å². The Balaban J connectivity index is 1.92. The lowest BCUT2D eigenvalue weighted by molar-refractivity contribution is -0.139. The molecule has 9 nitrogen and oxygen atoms in total. The van der Waals surface area contributed by atoms with Gasteiger partial charge >= 0.3 is 5.97 Å². The molecular formula is C28H34FN3O6. The van der Waals surface area contributed by atoms with E-state index in [1.807, 2.05) is 45.9 Å². The first-order valence-corrected chi connectivity index (χ1v) is 12.4. The molecule has 0 aliphatic rings. The first-order chi connectivity index (χ1) is 18.0. The third-order valence-corrected chi connectivity index (χ3v) is 6.05. The smallest absolute Gasteiger partial charge is 0.305 e. The summed E-state index contributed by atoms with van der Waals surface area (Å²) in [6.07, 6.45) is -3.14. The number of carboxylic acids is 1. The number of carbonyl (C=O) groups is 2. The molecule has 3 aromatic rings. The molecule has 38 heavy (non-hydrogen) atoms. The Morgan fingerprint density at radius 3 is 2.39 bits per heavy atom. The SMILES string of the molecule is Cc1ccc(C)c(CNC(=O)c2nn(-c3ccc(F)cc3)c(OC[C@@H](O)C[C@@H](O)CC(=O)O)c2C(C)C)c1. The van der Waals surface area contributed by atoms with E-state index in [4.69, 9.17) is 9.84 Å². The molecule has 0 saturated carbocycles. The number of amides is 1. The number of nitrogens with one attached hydrogen (secondary N) is 1. The van der Waals surface area contributed by atoms with Crippen LogP contribution < -0.4 is 10.1 Å². The lowest BCUT2D eigenvalue weighted by atomic mass is 10.0. The zero-order valence-electron chi connectivity index (χ0n) is 21.9. The Bertz CT molecular complexity index is 1270. The van der Waals surface area contributed by atoms with Crippen LogP contribution in [0.15, 0.2) is 42.5 Å². The summed E-state index contributed by atoms with van der Waals surface area (Å²) < 4.78 is 20.9. The summed E-state index contributed by atoms with van der Waals surface area (Å²) in [7, 11) is 0. The second-order valence-corrected chi connectivity index (χ2v) is 9.68. The summed E-state index contributed by atoms with van der Waals surface area (Å²) in [5.41, 5.74) is 4.15. The topological polar surface area (TPSA) is 134 Å². The fraction of sp³-hybridized carbons (Fsp3) is 0.393.